The van der Waals surface area contributed by atoms with Gasteiger partial charge in [0.05, 0.1) is 5.56 Å². The van der Waals surface area contributed by atoms with Crippen LogP contribution in [0.5, 0.6) is 5.75 Å². The highest BCUT2D eigenvalue weighted by Gasteiger charge is 2.18. The molecule has 0 atom stereocenters. The maximum absolute atomic E-state index is 12.7. The number of hydrogen-bond donors (Lipinski definition) is 3. The Hall–Kier alpha value is -4.14. The minimum Gasteiger partial charge on any atom is -0.507 e. The summed E-state index contributed by atoms with van der Waals surface area (Å²) < 4.78 is 11.6. The van der Waals surface area contributed by atoms with E-state index in [0.717, 1.165) is 23.1 Å². The fourth-order valence-electron chi connectivity index (χ4n) is 4.01. The normalized spacial score (nSPS) is 11.1. The molecule has 0 fully saturated rings. The molecule has 38 heavy (non-hydrogen) atoms. The molecule has 9 heteroatoms. The fraction of sp³-hybridized carbons (Fsp3) is 0.138. The average Bonchev–Trinajstić information content (AvgIpc) is 3.55. The number of phenols is 1. The summed E-state index contributed by atoms with van der Waals surface area (Å²) in [5.41, 5.74) is 5.73. The molecule has 2 heterocycles. The molecule has 2 aromatic heterocycles. The third kappa shape index (κ3) is 5.14. The molecule has 0 saturated carbocycles. The molecule has 0 bridgehead atoms. The van der Waals surface area contributed by atoms with Gasteiger partial charge in [-0.15, -0.1) is 0 Å². The van der Waals surface area contributed by atoms with Crippen LogP contribution in [-0.4, -0.2) is 21.1 Å². The van der Waals surface area contributed by atoms with E-state index in [0.29, 0.717) is 38.7 Å². The quantitative estimate of drug-likeness (QED) is 0.156. The van der Waals surface area contributed by atoms with Crippen molar-refractivity contribution >= 4 is 51.6 Å². The average molecular weight is 546 g/mol. The molecule has 0 aliphatic heterocycles. The number of aromatic nitrogens is 1. The van der Waals surface area contributed by atoms with Crippen molar-refractivity contribution in [2.24, 2.45) is 0 Å². The zero-order chi connectivity index (χ0) is 27.0. The second kappa shape index (κ2) is 10.3. The first-order valence-corrected chi connectivity index (χ1v) is 12.7. The largest absolute Gasteiger partial charge is 0.507 e. The van der Waals surface area contributed by atoms with Crippen LogP contribution in [0.25, 0.3) is 33.9 Å². The molecular formula is C29H24ClN3O4S. The number of amides is 1. The molecule has 0 spiro atoms. The predicted octanol–water partition coefficient (Wildman–Crippen LogP) is 7.42. The first-order valence-electron chi connectivity index (χ1n) is 11.9. The predicted molar refractivity (Wildman–Crippen MR) is 153 cm³/mol. The summed E-state index contributed by atoms with van der Waals surface area (Å²) in [4.78, 5) is 17.3. The number of fused-ring (bicyclic) bond motifs is 1. The Bertz CT molecular complexity index is 1710. The van der Waals surface area contributed by atoms with Crippen molar-refractivity contribution < 1.29 is 18.7 Å². The summed E-state index contributed by atoms with van der Waals surface area (Å²) in [6, 6.07) is 18.0. The van der Waals surface area contributed by atoms with E-state index in [1.165, 1.54) is 0 Å². The van der Waals surface area contributed by atoms with E-state index >= 15 is 0 Å². The number of hydrogen-bond acceptors (Lipinski definition) is 6. The highest BCUT2D eigenvalue weighted by molar-refractivity contribution is 7.80. The van der Waals surface area contributed by atoms with Crippen LogP contribution in [0.4, 0.5) is 5.69 Å². The van der Waals surface area contributed by atoms with E-state index in [1.54, 1.807) is 37.3 Å². The highest BCUT2D eigenvalue weighted by Crippen LogP contribution is 2.36. The summed E-state index contributed by atoms with van der Waals surface area (Å²) >= 11 is 11.6. The van der Waals surface area contributed by atoms with Crippen LogP contribution >= 0.6 is 23.8 Å². The molecule has 0 aliphatic rings. The lowest BCUT2D eigenvalue weighted by Crippen LogP contribution is -2.33. The van der Waals surface area contributed by atoms with Crippen LogP contribution in [0.15, 0.2) is 69.5 Å². The molecule has 5 aromatic rings. The molecule has 3 N–H and O–H groups in total. The standard InChI is InChI=1S/C29H24ClN3O4S/c1-4-17-6-8-24-22(12-17)32-28(37-24)20-14-19(11-16(3)26(20)34)31-29(38)33-27(35)25-10-9-23(36-25)18-7-5-15(2)21(30)13-18/h5-14,34H,4H2,1-3H3,(H2,31,33,35,38). The van der Waals surface area contributed by atoms with Gasteiger partial charge in [-0.25, -0.2) is 4.98 Å². The Morgan fingerprint density at radius 1 is 1.03 bits per heavy atom. The maximum Gasteiger partial charge on any atom is 0.293 e. The van der Waals surface area contributed by atoms with E-state index in [1.807, 2.05) is 37.3 Å². The number of carbonyl (C=O) groups is 1. The van der Waals surface area contributed by atoms with E-state index < -0.39 is 5.91 Å². The molecule has 0 saturated heterocycles. The highest BCUT2D eigenvalue weighted by atomic mass is 35.5. The Morgan fingerprint density at radius 3 is 2.61 bits per heavy atom. The van der Waals surface area contributed by atoms with E-state index in [4.69, 9.17) is 32.7 Å². The summed E-state index contributed by atoms with van der Waals surface area (Å²) in [5.74, 6) is 0.438. The summed E-state index contributed by atoms with van der Waals surface area (Å²) in [5, 5.41) is 17.0. The smallest absolute Gasteiger partial charge is 0.293 e. The number of carbonyl (C=O) groups excluding carboxylic acids is 1. The molecule has 1 amide bonds. The van der Waals surface area contributed by atoms with E-state index in [9.17, 15) is 9.90 Å². The number of phenolic OH excluding ortho intramolecular Hbond substituents is 1. The summed E-state index contributed by atoms with van der Waals surface area (Å²) in [6.07, 6.45) is 0.880. The maximum atomic E-state index is 12.7. The van der Waals surface area contributed by atoms with Gasteiger partial charge in [0, 0.05) is 16.3 Å². The van der Waals surface area contributed by atoms with Crippen molar-refractivity contribution in [2.75, 3.05) is 5.32 Å². The first kappa shape index (κ1) is 25.5. The zero-order valence-corrected chi connectivity index (χ0v) is 22.5. The van der Waals surface area contributed by atoms with Crippen molar-refractivity contribution in [1.82, 2.24) is 10.3 Å². The van der Waals surface area contributed by atoms with E-state index in [-0.39, 0.29) is 22.5 Å². The Kier molecular flexibility index (Phi) is 6.93. The molecular weight excluding hydrogens is 522 g/mol. The second-order valence-electron chi connectivity index (χ2n) is 8.90. The van der Waals surface area contributed by atoms with Gasteiger partial charge >= 0.3 is 0 Å². The minimum atomic E-state index is -0.506. The number of aromatic hydroxyl groups is 1. The van der Waals surface area contributed by atoms with Crippen molar-refractivity contribution in [3.05, 3.63) is 88.1 Å². The SMILES string of the molecule is CCc1ccc2oc(-c3cc(NC(=S)NC(=O)c4ccc(-c5ccc(C)c(Cl)c5)o4)cc(C)c3O)nc2c1. The molecule has 0 unspecified atom stereocenters. The monoisotopic (exact) mass is 545 g/mol. The van der Waals surface area contributed by atoms with Gasteiger partial charge in [0.25, 0.3) is 5.91 Å². The van der Waals surface area contributed by atoms with Crippen molar-refractivity contribution in [3.63, 3.8) is 0 Å². The number of thiocarbonyl (C=S) groups is 1. The van der Waals surface area contributed by atoms with Crippen LogP contribution in [0, 0.1) is 13.8 Å². The Labute approximate surface area is 229 Å². The number of halogens is 1. The number of benzene rings is 3. The number of aryl methyl sites for hydroxylation is 3. The molecule has 192 valence electrons. The topological polar surface area (TPSA) is 101 Å². The number of rotatable bonds is 5. The number of nitrogens with one attached hydrogen (secondary N) is 2. The van der Waals surface area contributed by atoms with Gasteiger partial charge < -0.3 is 19.3 Å². The fourth-order valence-corrected chi connectivity index (χ4v) is 4.40. The van der Waals surface area contributed by atoms with Gasteiger partial charge in [0.2, 0.25) is 5.89 Å². The van der Waals surface area contributed by atoms with E-state index in [2.05, 4.69) is 22.5 Å². The molecule has 7 nitrogen and oxygen atoms in total. The molecule has 3 aromatic carbocycles. The van der Waals surface area contributed by atoms with Gasteiger partial charge in [0.1, 0.15) is 17.0 Å². The van der Waals surface area contributed by atoms with Crippen LogP contribution < -0.4 is 10.6 Å². The Balaban J connectivity index is 1.32. The van der Waals surface area contributed by atoms with Crippen molar-refractivity contribution in [2.45, 2.75) is 27.2 Å². The second-order valence-corrected chi connectivity index (χ2v) is 9.72. The number of nitrogens with zero attached hydrogens (tertiary/aromatic N) is 1. The van der Waals surface area contributed by atoms with Gasteiger partial charge in [-0.3, -0.25) is 10.1 Å². The van der Waals surface area contributed by atoms with Gasteiger partial charge in [0.15, 0.2) is 16.5 Å². The lowest BCUT2D eigenvalue weighted by atomic mass is 10.1. The van der Waals surface area contributed by atoms with Gasteiger partial charge in [-0.05, 0) is 91.6 Å². The lowest BCUT2D eigenvalue weighted by molar-refractivity contribution is 0.0951. The Morgan fingerprint density at radius 2 is 1.84 bits per heavy atom. The zero-order valence-electron chi connectivity index (χ0n) is 20.9. The van der Waals surface area contributed by atoms with Crippen LogP contribution in [0.3, 0.4) is 0 Å². The minimum absolute atomic E-state index is 0.0482. The van der Waals surface area contributed by atoms with Crippen molar-refractivity contribution in [3.8, 4) is 28.5 Å². The number of anilines is 1. The lowest BCUT2D eigenvalue weighted by Gasteiger charge is -2.12. The summed E-state index contributed by atoms with van der Waals surface area (Å²) in [7, 11) is 0. The van der Waals surface area contributed by atoms with Crippen LogP contribution in [0.2, 0.25) is 5.02 Å². The number of furan rings is 1. The third-order valence-corrected chi connectivity index (χ3v) is 6.77. The van der Waals surface area contributed by atoms with Crippen LogP contribution in [-0.2, 0) is 6.42 Å². The van der Waals surface area contributed by atoms with Crippen LogP contribution in [0.1, 0.15) is 34.2 Å². The third-order valence-electron chi connectivity index (χ3n) is 6.16. The van der Waals surface area contributed by atoms with Gasteiger partial charge in [-0.1, -0.05) is 36.7 Å². The molecule has 5 rings (SSSR count). The van der Waals surface area contributed by atoms with Crippen molar-refractivity contribution in [1.29, 1.82) is 0 Å². The molecule has 0 radical (unpaired) electrons. The summed E-state index contributed by atoms with van der Waals surface area (Å²) in [6.45, 7) is 5.74. The molecule has 0 aliphatic carbocycles. The van der Waals surface area contributed by atoms with Gasteiger partial charge in [-0.2, -0.15) is 0 Å². The first-order chi connectivity index (χ1) is 18.2. The number of oxazole rings is 1.